The summed E-state index contributed by atoms with van der Waals surface area (Å²) >= 11 is 1.72. The molecule has 0 saturated carbocycles. The van der Waals surface area contributed by atoms with Crippen molar-refractivity contribution in [2.24, 2.45) is 0 Å². The van der Waals surface area contributed by atoms with Crippen molar-refractivity contribution < 1.29 is 4.79 Å². The average molecular weight is 302 g/mol. The van der Waals surface area contributed by atoms with Gasteiger partial charge in [0, 0.05) is 16.6 Å². The number of rotatable bonds is 6. The number of para-hydroxylation sites is 1. The van der Waals surface area contributed by atoms with Gasteiger partial charge in [0.2, 0.25) is 5.91 Å². The van der Waals surface area contributed by atoms with Gasteiger partial charge in [0.1, 0.15) is 0 Å². The lowest BCUT2D eigenvalue weighted by molar-refractivity contribution is -0.117. The van der Waals surface area contributed by atoms with E-state index in [1.54, 1.807) is 11.3 Å². The van der Waals surface area contributed by atoms with Crippen molar-refractivity contribution in [3.63, 3.8) is 0 Å². The fraction of sp³-hybridized carbons (Fsp3) is 0.353. The smallest absolute Gasteiger partial charge is 0.238 e. The average Bonchev–Trinajstić information content (AvgIpc) is 3.01. The lowest BCUT2D eigenvalue weighted by Crippen LogP contribution is -2.32. The molecule has 4 heteroatoms. The molecule has 21 heavy (non-hydrogen) atoms. The first-order valence-electron chi connectivity index (χ1n) is 7.23. The van der Waals surface area contributed by atoms with E-state index in [2.05, 4.69) is 35.5 Å². The maximum absolute atomic E-state index is 12.2. The molecule has 1 aromatic carbocycles. The minimum Gasteiger partial charge on any atom is -0.325 e. The summed E-state index contributed by atoms with van der Waals surface area (Å²) in [6.45, 7) is 4.60. The standard InChI is InChI=1S/C17H22N2OS/c1-4-14-8-5-6-9-15(14)18-17(20)12-19(3)13(2)16-10-7-11-21-16/h5-11,13H,4,12H2,1-3H3,(H,18,20). The normalized spacial score (nSPS) is 12.4. The molecule has 1 heterocycles. The highest BCUT2D eigenvalue weighted by Gasteiger charge is 2.16. The molecule has 0 aliphatic heterocycles. The van der Waals surface area contributed by atoms with Crippen LogP contribution >= 0.6 is 11.3 Å². The molecule has 0 spiro atoms. The van der Waals surface area contributed by atoms with Crippen LogP contribution in [0.4, 0.5) is 5.69 Å². The molecular formula is C17H22N2OS. The van der Waals surface area contributed by atoms with Gasteiger partial charge in [-0.1, -0.05) is 31.2 Å². The van der Waals surface area contributed by atoms with E-state index in [1.165, 1.54) is 10.4 Å². The van der Waals surface area contributed by atoms with Gasteiger partial charge in [-0.05, 0) is 43.5 Å². The quantitative estimate of drug-likeness (QED) is 0.876. The van der Waals surface area contributed by atoms with E-state index in [0.717, 1.165) is 12.1 Å². The van der Waals surface area contributed by atoms with Crippen LogP contribution < -0.4 is 5.32 Å². The van der Waals surface area contributed by atoms with Gasteiger partial charge in [-0.3, -0.25) is 9.69 Å². The number of hydrogen-bond acceptors (Lipinski definition) is 3. The molecule has 0 saturated heterocycles. The largest absolute Gasteiger partial charge is 0.325 e. The zero-order valence-electron chi connectivity index (χ0n) is 12.8. The highest BCUT2D eigenvalue weighted by molar-refractivity contribution is 7.10. The number of carbonyl (C=O) groups excluding carboxylic acids is 1. The van der Waals surface area contributed by atoms with Crippen LogP contribution in [0.2, 0.25) is 0 Å². The van der Waals surface area contributed by atoms with Gasteiger partial charge in [-0.15, -0.1) is 11.3 Å². The predicted octanol–water partition coefficient (Wildman–Crippen LogP) is 3.94. The van der Waals surface area contributed by atoms with E-state index in [1.807, 2.05) is 37.4 Å². The molecule has 2 rings (SSSR count). The van der Waals surface area contributed by atoms with Crippen molar-refractivity contribution in [3.05, 3.63) is 52.2 Å². The number of amides is 1. The van der Waals surface area contributed by atoms with Gasteiger partial charge < -0.3 is 5.32 Å². The van der Waals surface area contributed by atoms with E-state index in [0.29, 0.717) is 6.54 Å². The van der Waals surface area contributed by atoms with Gasteiger partial charge in [-0.25, -0.2) is 0 Å². The number of thiophene rings is 1. The second-order valence-corrected chi connectivity index (χ2v) is 6.14. The van der Waals surface area contributed by atoms with Crippen molar-refractivity contribution in [3.8, 4) is 0 Å². The topological polar surface area (TPSA) is 32.3 Å². The first kappa shape index (κ1) is 15.7. The molecule has 0 radical (unpaired) electrons. The molecular weight excluding hydrogens is 280 g/mol. The number of carbonyl (C=O) groups is 1. The zero-order chi connectivity index (χ0) is 15.2. The molecule has 1 aromatic heterocycles. The molecule has 1 amide bonds. The van der Waals surface area contributed by atoms with Gasteiger partial charge in [0.05, 0.1) is 6.54 Å². The molecule has 2 aromatic rings. The van der Waals surface area contributed by atoms with Crippen LogP contribution in [0.25, 0.3) is 0 Å². The molecule has 0 aliphatic rings. The Morgan fingerprint density at radius 3 is 2.71 bits per heavy atom. The van der Waals surface area contributed by atoms with Crippen LogP contribution in [0, 0.1) is 0 Å². The second-order valence-electron chi connectivity index (χ2n) is 5.17. The molecule has 3 nitrogen and oxygen atoms in total. The Bertz CT molecular complexity index is 580. The van der Waals surface area contributed by atoms with Crippen LogP contribution in [0.1, 0.15) is 30.3 Å². The van der Waals surface area contributed by atoms with Gasteiger partial charge in [0.25, 0.3) is 0 Å². The van der Waals surface area contributed by atoms with Gasteiger partial charge >= 0.3 is 0 Å². The molecule has 0 fully saturated rings. The van der Waals surface area contributed by atoms with Crippen LogP contribution in [-0.4, -0.2) is 24.4 Å². The zero-order valence-corrected chi connectivity index (χ0v) is 13.6. The van der Waals surface area contributed by atoms with E-state index >= 15 is 0 Å². The van der Waals surface area contributed by atoms with E-state index in [4.69, 9.17) is 0 Å². The minimum atomic E-state index is 0.0295. The summed E-state index contributed by atoms with van der Waals surface area (Å²) in [5.41, 5.74) is 2.09. The number of likely N-dealkylation sites (N-methyl/N-ethyl adjacent to an activating group) is 1. The van der Waals surface area contributed by atoms with Crippen LogP contribution in [0.15, 0.2) is 41.8 Å². The monoisotopic (exact) mass is 302 g/mol. The Hall–Kier alpha value is -1.65. The van der Waals surface area contributed by atoms with Crippen molar-refractivity contribution in [1.82, 2.24) is 4.90 Å². The third-order valence-corrected chi connectivity index (χ3v) is 4.72. The molecule has 112 valence electrons. The predicted molar refractivity (Wildman–Crippen MR) is 89.8 cm³/mol. The summed E-state index contributed by atoms with van der Waals surface area (Å²) in [6, 6.07) is 12.4. The molecule has 0 aliphatic carbocycles. The Labute approximate surface area is 130 Å². The SMILES string of the molecule is CCc1ccccc1NC(=O)CN(C)C(C)c1cccs1. The van der Waals surface area contributed by atoms with Crippen LogP contribution in [-0.2, 0) is 11.2 Å². The maximum atomic E-state index is 12.2. The summed E-state index contributed by atoms with van der Waals surface area (Å²) in [5.74, 6) is 0.0295. The highest BCUT2D eigenvalue weighted by atomic mass is 32.1. The summed E-state index contributed by atoms with van der Waals surface area (Å²) in [5, 5.41) is 5.08. The molecule has 1 N–H and O–H groups in total. The van der Waals surface area contributed by atoms with Crippen LogP contribution in [0.3, 0.4) is 0 Å². The lowest BCUT2D eigenvalue weighted by Gasteiger charge is -2.23. The summed E-state index contributed by atoms with van der Waals surface area (Å²) in [4.78, 5) is 15.6. The van der Waals surface area contributed by atoms with Crippen LogP contribution in [0.5, 0.6) is 0 Å². The van der Waals surface area contributed by atoms with E-state index < -0.39 is 0 Å². The Kier molecular flexibility index (Phi) is 5.53. The van der Waals surface area contributed by atoms with E-state index in [-0.39, 0.29) is 11.9 Å². The van der Waals surface area contributed by atoms with Crippen molar-refractivity contribution in [2.75, 3.05) is 18.9 Å². The molecule has 1 atom stereocenters. The van der Waals surface area contributed by atoms with Gasteiger partial charge in [0.15, 0.2) is 0 Å². The molecule has 1 unspecified atom stereocenters. The Balaban J connectivity index is 1.95. The number of benzene rings is 1. The van der Waals surface area contributed by atoms with E-state index in [9.17, 15) is 4.79 Å². The number of anilines is 1. The van der Waals surface area contributed by atoms with Gasteiger partial charge in [-0.2, -0.15) is 0 Å². The first-order chi connectivity index (χ1) is 10.1. The Morgan fingerprint density at radius 1 is 1.29 bits per heavy atom. The number of nitrogens with one attached hydrogen (secondary N) is 1. The first-order valence-corrected chi connectivity index (χ1v) is 8.11. The fourth-order valence-corrected chi connectivity index (χ4v) is 3.10. The third kappa shape index (κ3) is 4.16. The summed E-state index contributed by atoms with van der Waals surface area (Å²) in [6.07, 6.45) is 0.915. The fourth-order valence-electron chi connectivity index (χ4n) is 2.25. The maximum Gasteiger partial charge on any atom is 0.238 e. The lowest BCUT2D eigenvalue weighted by atomic mass is 10.1. The number of aryl methyl sites for hydroxylation is 1. The minimum absolute atomic E-state index is 0.0295. The van der Waals surface area contributed by atoms with Crippen molar-refractivity contribution in [1.29, 1.82) is 0 Å². The third-order valence-electron chi connectivity index (χ3n) is 3.68. The summed E-state index contributed by atoms with van der Waals surface area (Å²) in [7, 11) is 1.98. The molecule has 0 bridgehead atoms. The summed E-state index contributed by atoms with van der Waals surface area (Å²) < 4.78 is 0. The number of nitrogens with zero attached hydrogens (tertiary/aromatic N) is 1. The second kappa shape index (κ2) is 7.38. The highest BCUT2D eigenvalue weighted by Crippen LogP contribution is 2.23. The van der Waals surface area contributed by atoms with Crippen molar-refractivity contribution in [2.45, 2.75) is 26.3 Å². The number of hydrogen-bond donors (Lipinski definition) is 1. The Morgan fingerprint density at radius 2 is 2.05 bits per heavy atom. The van der Waals surface area contributed by atoms with Crippen molar-refractivity contribution >= 4 is 22.9 Å².